The van der Waals surface area contributed by atoms with Crippen LogP contribution in [0.5, 0.6) is 0 Å². The van der Waals surface area contributed by atoms with Gasteiger partial charge in [-0.25, -0.2) is 18.0 Å². The molecule has 1 heterocycles. The van der Waals surface area contributed by atoms with Gasteiger partial charge in [-0.05, 0) is 29.7 Å². The number of benzene rings is 1. The first-order valence-corrected chi connectivity index (χ1v) is 7.31. The summed E-state index contributed by atoms with van der Waals surface area (Å²) in [5.74, 6) is -3.68. The van der Waals surface area contributed by atoms with E-state index in [1.165, 1.54) is 23.1 Å². The maximum atomic E-state index is 13.2. The highest BCUT2D eigenvalue weighted by Gasteiger charge is 2.45. The van der Waals surface area contributed by atoms with Crippen LogP contribution >= 0.6 is 0 Å². The molecule has 0 saturated heterocycles. The molecule has 124 valence electrons. The normalized spacial score (nSPS) is 19.6. The zero-order chi connectivity index (χ0) is 16.6. The van der Waals surface area contributed by atoms with Crippen LogP contribution in [0.3, 0.4) is 0 Å². The maximum absolute atomic E-state index is 13.2. The third-order valence-corrected chi connectivity index (χ3v) is 4.05. The number of carbonyl (C=O) groups is 2. The Morgan fingerprint density at radius 3 is 2.83 bits per heavy atom. The van der Waals surface area contributed by atoms with Crippen molar-refractivity contribution in [2.24, 2.45) is 5.92 Å². The standard InChI is InChI=1S/C15H16F3N3O2/c16-11-1-2-12-10(3-11)7-21(14(23)20-12)8-13(22)19-6-9-4-15(17,18)5-9/h1-3,9H,4-8H2,(H,19,22)(H,20,23). The number of hydrogen-bond donors (Lipinski definition) is 2. The topological polar surface area (TPSA) is 61.4 Å². The zero-order valence-corrected chi connectivity index (χ0v) is 12.2. The average molecular weight is 327 g/mol. The molecule has 2 aliphatic rings. The molecule has 0 unspecified atom stereocenters. The molecule has 1 aromatic rings. The lowest BCUT2D eigenvalue weighted by Gasteiger charge is -2.35. The third-order valence-electron chi connectivity index (χ3n) is 4.05. The summed E-state index contributed by atoms with van der Waals surface area (Å²) in [5, 5.41) is 5.14. The predicted octanol–water partition coefficient (Wildman–Crippen LogP) is 2.33. The smallest absolute Gasteiger partial charge is 0.322 e. The lowest BCUT2D eigenvalue weighted by molar-refractivity contribution is -0.126. The van der Waals surface area contributed by atoms with Gasteiger partial charge in [-0.15, -0.1) is 0 Å². The summed E-state index contributed by atoms with van der Waals surface area (Å²) >= 11 is 0. The number of hydrogen-bond acceptors (Lipinski definition) is 2. The minimum atomic E-state index is -2.62. The van der Waals surface area contributed by atoms with Gasteiger partial charge in [0.05, 0.1) is 6.54 Å². The van der Waals surface area contributed by atoms with Crippen molar-refractivity contribution >= 4 is 17.6 Å². The molecule has 0 atom stereocenters. The van der Waals surface area contributed by atoms with E-state index in [4.69, 9.17) is 0 Å². The van der Waals surface area contributed by atoms with E-state index in [-0.39, 0.29) is 38.4 Å². The highest BCUT2D eigenvalue weighted by atomic mass is 19.3. The summed E-state index contributed by atoms with van der Waals surface area (Å²) in [6.07, 6.45) is -0.436. The van der Waals surface area contributed by atoms with Gasteiger partial charge in [0.15, 0.2) is 0 Å². The number of rotatable bonds is 4. The van der Waals surface area contributed by atoms with Gasteiger partial charge in [0.2, 0.25) is 11.8 Å². The van der Waals surface area contributed by atoms with E-state index in [0.717, 1.165) is 0 Å². The second kappa shape index (κ2) is 5.75. The average Bonchev–Trinajstić information content (AvgIpc) is 2.44. The number of nitrogens with one attached hydrogen (secondary N) is 2. The number of urea groups is 1. The van der Waals surface area contributed by atoms with Crippen LogP contribution in [0, 0.1) is 11.7 Å². The van der Waals surface area contributed by atoms with Crippen molar-refractivity contribution < 1.29 is 22.8 Å². The van der Waals surface area contributed by atoms with Gasteiger partial charge in [-0.2, -0.15) is 0 Å². The van der Waals surface area contributed by atoms with Crippen molar-refractivity contribution in [2.75, 3.05) is 18.4 Å². The number of halogens is 3. The van der Waals surface area contributed by atoms with Gasteiger partial charge in [-0.1, -0.05) is 0 Å². The molecule has 0 spiro atoms. The number of carbonyl (C=O) groups excluding carboxylic acids is 2. The molecule has 1 fully saturated rings. The van der Waals surface area contributed by atoms with Crippen LogP contribution in [0.25, 0.3) is 0 Å². The molecule has 5 nitrogen and oxygen atoms in total. The molecule has 1 aliphatic carbocycles. The highest BCUT2D eigenvalue weighted by molar-refractivity contribution is 5.94. The lowest BCUT2D eigenvalue weighted by Crippen LogP contribution is -2.47. The summed E-state index contributed by atoms with van der Waals surface area (Å²) < 4.78 is 38.6. The van der Waals surface area contributed by atoms with E-state index >= 15 is 0 Å². The zero-order valence-electron chi connectivity index (χ0n) is 12.2. The Balaban J connectivity index is 1.51. The monoisotopic (exact) mass is 327 g/mol. The Labute approximate surface area is 130 Å². The van der Waals surface area contributed by atoms with Crippen molar-refractivity contribution in [3.8, 4) is 0 Å². The summed E-state index contributed by atoms with van der Waals surface area (Å²) in [6.45, 7) is 0.0911. The Hall–Kier alpha value is -2.25. The molecule has 0 bridgehead atoms. The van der Waals surface area contributed by atoms with Crippen LogP contribution in [0.15, 0.2) is 18.2 Å². The fourth-order valence-electron chi connectivity index (χ4n) is 2.83. The fourth-order valence-corrected chi connectivity index (χ4v) is 2.83. The van der Waals surface area contributed by atoms with Gasteiger partial charge in [-0.3, -0.25) is 4.79 Å². The molecule has 1 aliphatic heterocycles. The van der Waals surface area contributed by atoms with E-state index in [9.17, 15) is 22.8 Å². The molecule has 1 saturated carbocycles. The summed E-state index contributed by atoms with van der Waals surface area (Å²) in [5.41, 5.74) is 1.10. The van der Waals surface area contributed by atoms with Crippen LogP contribution in [-0.2, 0) is 11.3 Å². The predicted molar refractivity (Wildman–Crippen MR) is 76.5 cm³/mol. The summed E-state index contributed by atoms with van der Waals surface area (Å²) in [4.78, 5) is 25.0. The third kappa shape index (κ3) is 3.57. The van der Waals surface area contributed by atoms with Crippen molar-refractivity contribution in [1.82, 2.24) is 10.2 Å². The maximum Gasteiger partial charge on any atom is 0.322 e. The molecule has 0 aromatic heterocycles. The van der Waals surface area contributed by atoms with Crippen LogP contribution in [0.1, 0.15) is 18.4 Å². The first-order valence-electron chi connectivity index (χ1n) is 7.31. The second-order valence-corrected chi connectivity index (χ2v) is 6.02. The second-order valence-electron chi connectivity index (χ2n) is 6.02. The molecule has 1 aromatic carbocycles. The number of anilines is 1. The quantitative estimate of drug-likeness (QED) is 0.892. The Morgan fingerprint density at radius 1 is 1.39 bits per heavy atom. The van der Waals surface area contributed by atoms with Crippen molar-refractivity contribution in [3.63, 3.8) is 0 Å². The van der Waals surface area contributed by atoms with Gasteiger partial charge in [0.1, 0.15) is 12.4 Å². The first-order chi connectivity index (χ1) is 10.8. The minimum Gasteiger partial charge on any atom is -0.354 e. The fraction of sp³-hybridized carbons (Fsp3) is 0.467. The molecular weight excluding hydrogens is 311 g/mol. The molecule has 3 amide bonds. The van der Waals surface area contributed by atoms with Crippen molar-refractivity contribution in [3.05, 3.63) is 29.6 Å². The molecule has 3 rings (SSSR count). The number of nitrogens with zero attached hydrogens (tertiary/aromatic N) is 1. The molecule has 23 heavy (non-hydrogen) atoms. The minimum absolute atomic E-state index is 0.119. The van der Waals surface area contributed by atoms with Crippen LogP contribution in [0.2, 0.25) is 0 Å². The summed E-state index contributed by atoms with van der Waals surface area (Å²) in [6, 6.07) is 3.57. The lowest BCUT2D eigenvalue weighted by atomic mass is 9.81. The van der Waals surface area contributed by atoms with E-state index in [0.29, 0.717) is 11.3 Å². The Kier molecular flexibility index (Phi) is 3.91. The Bertz CT molecular complexity index is 643. The van der Waals surface area contributed by atoms with E-state index in [1.807, 2.05) is 0 Å². The molecule has 8 heteroatoms. The molecule has 0 radical (unpaired) electrons. The highest BCUT2D eigenvalue weighted by Crippen LogP contribution is 2.41. The number of fused-ring (bicyclic) bond motifs is 1. The van der Waals surface area contributed by atoms with Crippen molar-refractivity contribution in [1.29, 1.82) is 0 Å². The van der Waals surface area contributed by atoms with Gasteiger partial charge < -0.3 is 15.5 Å². The number of amides is 3. The first kappa shape index (κ1) is 15.6. The SMILES string of the molecule is O=C(CN1Cc2cc(F)ccc2NC1=O)NCC1CC(F)(F)C1. The van der Waals surface area contributed by atoms with Crippen LogP contribution < -0.4 is 10.6 Å². The van der Waals surface area contributed by atoms with Crippen molar-refractivity contribution in [2.45, 2.75) is 25.3 Å². The largest absolute Gasteiger partial charge is 0.354 e. The van der Waals surface area contributed by atoms with E-state index in [2.05, 4.69) is 10.6 Å². The van der Waals surface area contributed by atoms with E-state index < -0.39 is 23.7 Å². The van der Waals surface area contributed by atoms with Gasteiger partial charge in [0, 0.05) is 25.1 Å². The van der Waals surface area contributed by atoms with Crippen LogP contribution in [0.4, 0.5) is 23.7 Å². The molecule has 2 N–H and O–H groups in total. The number of alkyl halides is 2. The van der Waals surface area contributed by atoms with E-state index in [1.54, 1.807) is 0 Å². The van der Waals surface area contributed by atoms with Gasteiger partial charge in [0.25, 0.3) is 0 Å². The molecular formula is C15H16F3N3O2. The van der Waals surface area contributed by atoms with Gasteiger partial charge >= 0.3 is 6.03 Å². The Morgan fingerprint density at radius 2 is 2.13 bits per heavy atom. The van der Waals surface area contributed by atoms with Crippen LogP contribution in [-0.4, -0.2) is 35.9 Å². The summed E-state index contributed by atoms with van der Waals surface area (Å²) in [7, 11) is 0.